The Bertz CT molecular complexity index is 378. The average Bonchev–Trinajstić information content (AvgIpc) is 2.62. The van der Waals surface area contributed by atoms with Gasteiger partial charge in [-0.1, -0.05) is 53.9 Å². The van der Waals surface area contributed by atoms with Crippen LogP contribution in [0.15, 0.2) is 0 Å². The first-order chi connectivity index (χ1) is 11.7. The van der Waals surface area contributed by atoms with Crippen LogP contribution in [0.2, 0.25) is 0 Å². The Morgan fingerprint density at radius 2 is 1.58 bits per heavy atom. The van der Waals surface area contributed by atoms with Crippen LogP contribution in [0, 0.1) is 17.3 Å². The molecule has 0 aromatic carbocycles. The van der Waals surface area contributed by atoms with Gasteiger partial charge in [0.2, 0.25) is 5.91 Å². The topological polar surface area (TPSA) is 23.6 Å². The Hall–Kier alpha value is -1.01. The van der Waals surface area contributed by atoms with E-state index in [1.165, 1.54) is 12.8 Å². The largest absolute Gasteiger partial charge is 0.341 e. The van der Waals surface area contributed by atoms with E-state index in [4.69, 9.17) is 0 Å². The van der Waals surface area contributed by atoms with Crippen LogP contribution in [-0.2, 0) is 4.79 Å². The lowest BCUT2D eigenvalue weighted by molar-refractivity contribution is -0.146. The summed E-state index contributed by atoms with van der Waals surface area (Å²) in [6.07, 6.45) is 6.30. The number of carbonyl (C=O) groups is 1. The molecule has 2 aliphatic heterocycles. The number of hydrogen-bond donors (Lipinski definition) is 0. The molecule has 140 valence electrons. The molecule has 0 aromatic heterocycles. The molecule has 2 fully saturated rings. The van der Waals surface area contributed by atoms with Gasteiger partial charge in [0.25, 0.3) is 0 Å². The molecule has 0 N–H and O–H groups in total. The Balaban J connectivity index is 0.00000123. The van der Waals surface area contributed by atoms with Crippen molar-refractivity contribution in [1.82, 2.24) is 9.80 Å². The molecule has 3 heteroatoms. The lowest BCUT2D eigenvalue weighted by atomic mass is 9.72. The molecule has 3 nitrogen and oxygen atoms in total. The molecule has 24 heavy (non-hydrogen) atoms. The number of unbranched alkanes of at least 4 members (excludes halogenated alkanes) is 1. The van der Waals surface area contributed by atoms with E-state index in [0.717, 1.165) is 58.4 Å². The second kappa shape index (κ2) is 13.3. The van der Waals surface area contributed by atoms with Crippen molar-refractivity contribution in [2.45, 2.75) is 80.1 Å². The maximum Gasteiger partial charge on any atom is 0.222 e. The molecule has 0 aliphatic carbocycles. The van der Waals surface area contributed by atoms with Crippen molar-refractivity contribution < 1.29 is 4.79 Å². The second-order valence-corrected chi connectivity index (χ2v) is 6.34. The van der Waals surface area contributed by atoms with Crippen LogP contribution in [0.5, 0.6) is 0 Å². The van der Waals surface area contributed by atoms with Gasteiger partial charge in [0.1, 0.15) is 0 Å². The van der Waals surface area contributed by atoms with Gasteiger partial charge in [-0.2, -0.15) is 0 Å². The van der Waals surface area contributed by atoms with Crippen LogP contribution in [0.4, 0.5) is 0 Å². The van der Waals surface area contributed by atoms with Crippen molar-refractivity contribution in [2.24, 2.45) is 5.41 Å². The molecule has 2 saturated heterocycles. The smallest absolute Gasteiger partial charge is 0.222 e. The summed E-state index contributed by atoms with van der Waals surface area (Å²) in [6, 6.07) is 0. The Morgan fingerprint density at radius 3 is 2.08 bits per heavy atom. The molecule has 0 unspecified atom stereocenters. The Labute approximate surface area is 151 Å². The summed E-state index contributed by atoms with van der Waals surface area (Å²) < 4.78 is 0. The standard InChI is InChI=1S/C17H28N2O.2C2H6/c1-3-5-7-11-18-12-9-17(10-13-18)14-19(15-17)16(20)8-6-4-2;2*1-2/h3-4,6,8-15H2,1-2H3;2*1-2H3. The summed E-state index contributed by atoms with van der Waals surface area (Å²) in [4.78, 5) is 16.5. The second-order valence-electron chi connectivity index (χ2n) is 6.34. The predicted molar refractivity (Wildman–Crippen MR) is 105 cm³/mol. The van der Waals surface area contributed by atoms with Crippen LogP contribution >= 0.6 is 0 Å². The third-order valence-corrected chi connectivity index (χ3v) is 4.67. The van der Waals surface area contributed by atoms with E-state index in [1.807, 2.05) is 27.7 Å². The van der Waals surface area contributed by atoms with Crippen molar-refractivity contribution in [3.05, 3.63) is 0 Å². The first-order valence-corrected chi connectivity index (χ1v) is 10.1. The van der Waals surface area contributed by atoms with Gasteiger partial charge >= 0.3 is 0 Å². The first-order valence-electron chi connectivity index (χ1n) is 10.1. The molecule has 0 saturated carbocycles. The van der Waals surface area contributed by atoms with Gasteiger partial charge < -0.3 is 4.90 Å². The number of rotatable bonds is 4. The highest BCUT2D eigenvalue weighted by Gasteiger charge is 2.46. The van der Waals surface area contributed by atoms with Gasteiger partial charge in [-0.15, -0.1) is 5.92 Å². The molecule has 0 aromatic rings. The summed E-state index contributed by atoms with van der Waals surface area (Å²) >= 11 is 0. The van der Waals surface area contributed by atoms with Crippen LogP contribution in [-0.4, -0.2) is 48.4 Å². The summed E-state index contributed by atoms with van der Waals surface area (Å²) in [5.41, 5.74) is 0.441. The van der Waals surface area contributed by atoms with Crippen molar-refractivity contribution in [1.29, 1.82) is 0 Å². The minimum atomic E-state index is 0.369. The number of piperidine rings is 1. The van der Waals surface area contributed by atoms with Crippen LogP contribution in [0.1, 0.15) is 80.1 Å². The van der Waals surface area contributed by atoms with E-state index in [0.29, 0.717) is 11.3 Å². The summed E-state index contributed by atoms with van der Waals surface area (Å²) in [7, 11) is 0. The molecule has 2 aliphatic rings. The van der Waals surface area contributed by atoms with E-state index in [2.05, 4.69) is 35.5 Å². The summed E-state index contributed by atoms with van der Waals surface area (Å²) in [5.74, 6) is 6.74. The highest BCUT2D eigenvalue weighted by Crippen LogP contribution is 2.40. The van der Waals surface area contributed by atoms with Crippen LogP contribution in [0.3, 0.4) is 0 Å². The van der Waals surface area contributed by atoms with E-state index >= 15 is 0 Å². The van der Waals surface area contributed by atoms with Gasteiger partial charge in [0.05, 0.1) is 6.54 Å². The van der Waals surface area contributed by atoms with E-state index in [1.54, 1.807) is 0 Å². The molecule has 1 spiro atoms. The maximum absolute atomic E-state index is 11.9. The van der Waals surface area contributed by atoms with E-state index < -0.39 is 0 Å². The fraction of sp³-hybridized carbons (Fsp3) is 0.857. The Morgan fingerprint density at radius 1 is 1.00 bits per heavy atom. The van der Waals surface area contributed by atoms with E-state index in [-0.39, 0.29) is 0 Å². The summed E-state index contributed by atoms with van der Waals surface area (Å²) in [6.45, 7) is 17.5. The lowest BCUT2D eigenvalue weighted by Crippen LogP contribution is -2.61. The van der Waals surface area contributed by atoms with Crippen molar-refractivity contribution >= 4 is 5.91 Å². The van der Waals surface area contributed by atoms with Crippen molar-refractivity contribution in [3.8, 4) is 11.8 Å². The van der Waals surface area contributed by atoms with Gasteiger partial charge in [-0.25, -0.2) is 0 Å². The molecule has 0 radical (unpaired) electrons. The number of hydrogen-bond acceptors (Lipinski definition) is 2. The monoisotopic (exact) mass is 336 g/mol. The molecular formula is C21H40N2O. The molecular weight excluding hydrogens is 296 g/mol. The van der Waals surface area contributed by atoms with Crippen LogP contribution < -0.4 is 0 Å². The molecule has 0 bridgehead atoms. The third-order valence-electron chi connectivity index (χ3n) is 4.67. The number of amides is 1. The highest BCUT2D eigenvalue weighted by atomic mass is 16.2. The fourth-order valence-electron chi connectivity index (χ4n) is 3.22. The highest BCUT2D eigenvalue weighted by molar-refractivity contribution is 5.77. The zero-order chi connectivity index (χ0) is 18.4. The number of likely N-dealkylation sites (tertiary alicyclic amines) is 2. The molecule has 2 heterocycles. The third kappa shape index (κ3) is 7.26. The maximum atomic E-state index is 11.9. The predicted octanol–water partition coefficient (Wildman–Crippen LogP) is 4.57. The number of carbonyl (C=O) groups excluding carboxylic acids is 1. The zero-order valence-electron chi connectivity index (χ0n) is 17.1. The minimum absolute atomic E-state index is 0.369. The van der Waals surface area contributed by atoms with Gasteiger partial charge in [-0.05, 0) is 32.4 Å². The number of nitrogens with zero attached hydrogens (tertiary/aromatic N) is 2. The molecule has 0 atom stereocenters. The fourth-order valence-corrected chi connectivity index (χ4v) is 3.22. The zero-order valence-corrected chi connectivity index (χ0v) is 17.1. The molecule has 2 rings (SSSR count). The minimum Gasteiger partial charge on any atom is -0.341 e. The lowest BCUT2D eigenvalue weighted by Gasteiger charge is -2.54. The summed E-state index contributed by atoms with van der Waals surface area (Å²) in [5, 5.41) is 0. The molecule has 1 amide bonds. The van der Waals surface area contributed by atoms with Gasteiger partial charge in [0, 0.05) is 31.3 Å². The van der Waals surface area contributed by atoms with Gasteiger partial charge in [-0.3, -0.25) is 9.69 Å². The van der Waals surface area contributed by atoms with Crippen molar-refractivity contribution in [2.75, 3.05) is 32.7 Å². The first kappa shape index (κ1) is 23.0. The Kier molecular flexibility index (Phi) is 12.7. The quantitative estimate of drug-likeness (QED) is 0.702. The van der Waals surface area contributed by atoms with E-state index in [9.17, 15) is 4.79 Å². The van der Waals surface area contributed by atoms with Gasteiger partial charge in [0.15, 0.2) is 0 Å². The SMILES string of the molecule is CC.CC.CCC#CCN1CCC2(CC1)CN(C(=O)CCCC)C2. The van der Waals surface area contributed by atoms with Crippen LogP contribution in [0.25, 0.3) is 0 Å². The van der Waals surface area contributed by atoms with Crippen molar-refractivity contribution in [3.63, 3.8) is 0 Å². The average molecular weight is 337 g/mol. The normalized spacial score (nSPS) is 18.2.